The summed E-state index contributed by atoms with van der Waals surface area (Å²) >= 11 is 6.69. The van der Waals surface area contributed by atoms with Crippen LogP contribution in [0.3, 0.4) is 0 Å². The fourth-order valence-corrected chi connectivity index (χ4v) is 4.76. The fraction of sp³-hybridized carbons (Fsp3) is 0.333. The molecule has 0 radical (unpaired) electrons. The molecule has 2 aromatic heterocycles. The van der Waals surface area contributed by atoms with E-state index in [9.17, 15) is 11.0 Å². The average molecular weight is 503 g/mol. The number of rotatable bonds is 8. The van der Waals surface area contributed by atoms with E-state index < -0.39 is 11.8 Å². The van der Waals surface area contributed by atoms with Crippen molar-refractivity contribution in [1.29, 1.82) is 5.26 Å². The molecule has 2 aromatic carbocycles. The molecule has 2 saturated carbocycles. The lowest BCUT2D eigenvalue weighted by Crippen LogP contribution is -2.21. The van der Waals surface area contributed by atoms with Gasteiger partial charge in [0.25, 0.3) is 0 Å². The monoisotopic (exact) mass is 502 g/mol. The Bertz CT molecular complexity index is 1540. The molecule has 0 aliphatic heterocycles. The van der Waals surface area contributed by atoms with Crippen molar-refractivity contribution in [3.63, 3.8) is 0 Å². The van der Waals surface area contributed by atoms with E-state index in [2.05, 4.69) is 38.9 Å². The van der Waals surface area contributed by atoms with E-state index in [-0.39, 0.29) is 5.54 Å². The summed E-state index contributed by atoms with van der Waals surface area (Å²) in [5, 5.41) is 26.3. The average Bonchev–Trinajstić information content (AvgIpc) is 3.83. The number of nitrogens with zero attached hydrogens (tertiary/aromatic N) is 5. The number of anilines is 2. The van der Waals surface area contributed by atoms with Gasteiger partial charge in [-0.1, -0.05) is 35.9 Å². The van der Waals surface area contributed by atoms with Crippen molar-refractivity contribution >= 4 is 33.9 Å². The van der Waals surface area contributed by atoms with E-state index >= 15 is 0 Å². The van der Waals surface area contributed by atoms with Crippen LogP contribution in [0, 0.1) is 17.1 Å². The molecule has 7 nitrogen and oxygen atoms in total. The third kappa shape index (κ3) is 4.24. The molecule has 2 fully saturated rings. The Hall–Kier alpha value is -3.70. The SMILES string of the molecule is [2H][C@](Nc1cc(Cl)c2ncc(C#N)c(NC3(CC)CC3)c2c1)(c1ccc(F)cc1)c1cn(C2CC2)nn1. The second kappa shape index (κ2) is 8.75. The van der Waals surface area contributed by atoms with Crippen LogP contribution in [0.15, 0.2) is 48.8 Å². The van der Waals surface area contributed by atoms with Crippen LogP contribution in [0.4, 0.5) is 15.8 Å². The Kier molecular flexibility index (Phi) is 5.24. The van der Waals surface area contributed by atoms with Gasteiger partial charge in [0, 0.05) is 22.8 Å². The summed E-state index contributed by atoms with van der Waals surface area (Å²) < 4.78 is 25.0. The number of halogens is 2. The van der Waals surface area contributed by atoms with Crippen LogP contribution in [0.5, 0.6) is 0 Å². The summed E-state index contributed by atoms with van der Waals surface area (Å²) in [5.74, 6) is -0.391. The van der Waals surface area contributed by atoms with Crippen LogP contribution >= 0.6 is 11.6 Å². The minimum atomic E-state index is -1.58. The molecule has 2 aliphatic rings. The first-order valence-corrected chi connectivity index (χ1v) is 12.5. The highest BCUT2D eigenvalue weighted by molar-refractivity contribution is 6.35. The standard InChI is InChI=1S/C27H25ClFN7/c1-2-27(9-10-27)33-24-17(13-30)14-31-26-21(24)11-19(12-22(26)28)32-25(16-3-5-18(29)6-4-16)23-15-36(35-34-23)20-7-8-20/h3-6,11-12,14-15,20,25,32H,2,7-10H2,1H3,(H,31,33)/t25-/m0/s1/i25D. The predicted octanol–water partition coefficient (Wildman–Crippen LogP) is 6.38. The van der Waals surface area contributed by atoms with E-state index in [1.807, 2.05) is 6.07 Å². The summed E-state index contributed by atoms with van der Waals surface area (Å²) in [6.45, 7) is 2.13. The summed E-state index contributed by atoms with van der Waals surface area (Å²) in [4.78, 5) is 4.45. The van der Waals surface area contributed by atoms with Gasteiger partial charge >= 0.3 is 0 Å². The van der Waals surface area contributed by atoms with E-state index in [1.54, 1.807) is 35.3 Å². The van der Waals surface area contributed by atoms with E-state index in [4.69, 9.17) is 11.6 Å². The zero-order valence-electron chi connectivity index (χ0n) is 20.7. The number of fused-ring (bicyclic) bond motifs is 1. The van der Waals surface area contributed by atoms with Crippen molar-refractivity contribution in [2.45, 2.75) is 56.6 Å². The minimum absolute atomic E-state index is 0.0373. The second-order valence-electron chi connectivity index (χ2n) is 9.59. The van der Waals surface area contributed by atoms with Crippen molar-refractivity contribution < 1.29 is 5.76 Å². The van der Waals surface area contributed by atoms with Gasteiger partial charge in [-0.05, 0) is 61.9 Å². The van der Waals surface area contributed by atoms with Crippen molar-refractivity contribution in [3.05, 3.63) is 76.5 Å². The van der Waals surface area contributed by atoms with Gasteiger partial charge in [-0.3, -0.25) is 4.98 Å². The number of nitriles is 1. The van der Waals surface area contributed by atoms with Gasteiger partial charge in [-0.15, -0.1) is 5.10 Å². The molecular formula is C27H25ClFN7. The smallest absolute Gasteiger partial charge is 0.123 e. The van der Waals surface area contributed by atoms with Crippen molar-refractivity contribution in [3.8, 4) is 6.07 Å². The van der Waals surface area contributed by atoms with Gasteiger partial charge in [-0.2, -0.15) is 5.26 Å². The van der Waals surface area contributed by atoms with Gasteiger partial charge in [0.15, 0.2) is 0 Å². The summed E-state index contributed by atoms with van der Waals surface area (Å²) in [7, 11) is 0. The first-order chi connectivity index (χ1) is 17.8. The third-order valence-corrected chi connectivity index (χ3v) is 7.34. The van der Waals surface area contributed by atoms with Gasteiger partial charge in [-0.25, -0.2) is 9.07 Å². The van der Waals surface area contributed by atoms with Crippen LogP contribution in [-0.4, -0.2) is 25.5 Å². The predicted molar refractivity (Wildman–Crippen MR) is 138 cm³/mol. The molecule has 2 aliphatic carbocycles. The maximum atomic E-state index is 13.8. The number of hydrogen-bond acceptors (Lipinski definition) is 6. The second-order valence-corrected chi connectivity index (χ2v) is 10.0. The van der Waals surface area contributed by atoms with Crippen LogP contribution < -0.4 is 10.6 Å². The normalized spacial score (nSPS) is 18.2. The number of aromatic nitrogens is 4. The van der Waals surface area contributed by atoms with Crippen LogP contribution in [-0.2, 0) is 0 Å². The fourth-order valence-electron chi connectivity index (χ4n) is 4.49. The molecular weight excluding hydrogens is 477 g/mol. The lowest BCUT2D eigenvalue weighted by atomic mass is 10.0. The van der Waals surface area contributed by atoms with Crippen LogP contribution in [0.2, 0.25) is 5.02 Å². The van der Waals surface area contributed by atoms with E-state index in [0.29, 0.717) is 50.2 Å². The number of hydrogen-bond donors (Lipinski definition) is 2. The first-order valence-electron chi connectivity index (χ1n) is 12.6. The molecule has 0 spiro atoms. The molecule has 2 heterocycles. The number of benzene rings is 2. The van der Waals surface area contributed by atoms with Gasteiger partial charge in [0.05, 0.1) is 41.4 Å². The Morgan fingerprint density at radius 2 is 2.08 bits per heavy atom. The molecule has 4 aromatic rings. The molecule has 2 N–H and O–H groups in total. The van der Waals surface area contributed by atoms with Gasteiger partial charge < -0.3 is 10.6 Å². The number of nitrogens with one attached hydrogen (secondary N) is 2. The highest BCUT2D eigenvalue weighted by Crippen LogP contribution is 2.45. The summed E-state index contributed by atoms with van der Waals surface area (Å²) in [6, 6.07) is 10.3. The van der Waals surface area contributed by atoms with Gasteiger partial charge in [0.2, 0.25) is 0 Å². The van der Waals surface area contributed by atoms with Crippen LogP contribution in [0.1, 0.15) is 69.3 Å². The number of pyridine rings is 1. The molecule has 0 saturated heterocycles. The highest BCUT2D eigenvalue weighted by atomic mass is 35.5. The Balaban J connectivity index is 1.47. The molecule has 36 heavy (non-hydrogen) atoms. The van der Waals surface area contributed by atoms with Crippen LogP contribution in [0.25, 0.3) is 10.9 Å². The summed E-state index contributed by atoms with van der Waals surface area (Å²) in [6.07, 6.45) is 8.36. The molecule has 182 valence electrons. The molecule has 0 bridgehead atoms. The van der Waals surface area contributed by atoms with E-state index in [0.717, 1.165) is 32.1 Å². The molecule has 1 atom stereocenters. The highest BCUT2D eigenvalue weighted by Gasteiger charge is 2.41. The molecule has 0 amide bonds. The molecule has 0 unspecified atom stereocenters. The maximum Gasteiger partial charge on any atom is 0.123 e. The van der Waals surface area contributed by atoms with Crippen molar-refractivity contribution in [2.24, 2.45) is 0 Å². The zero-order valence-corrected chi connectivity index (χ0v) is 20.5. The minimum Gasteiger partial charge on any atom is -0.378 e. The topological polar surface area (TPSA) is 91.5 Å². The Morgan fingerprint density at radius 3 is 2.75 bits per heavy atom. The van der Waals surface area contributed by atoms with E-state index in [1.165, 1.54) is 12.1 Å². The molecule has 6 rings (SSSR count). The zero-order chi connectivity index (χ0) is 25.8. The quantitative estimate of drug-likeness (QED) is 0.290. The molecule has 9 heteroatoms. The maximum absolute atomic E-state index is 13.8. The van der Waals surface area contributed by atoms with Gasteiger partial charge in [0.1, 0.15) is 17.6 Å². The first kappa shape index (κ1) is 21.6. The Labute approximate surface area is 214 Å². The largest absolute Gasteiger partial charge is 0.378 e. The lowest BCUT2D eigenvalue weighted by Gasteiger charge is -2.22. The lowest BCUT2D eigenvalue weighted by molar-refractivity contribution is 0.610. The summed E-state index contributed by atoms with van der Waals surface area (Å²) in [5.41, 5.74) is 3.07. The van der Waals surface area contributed by atoms with Crippen molar-refractivity contribution in [1.82, 2.24) is 20.0 Å². The third-order valence-electron chi connectivity index (χ3n) is 7.06. The van der Waals surface area contributed by atoms with Crippen molar-refractivity contribution in [2.75, 3.05) is 10.6 Å². The Morgan fingerprint density at radius 1 is 1.31 bits per heavy atom.